The second kappa shape index (κ2) is 5.72. The molecule has 0 aliphatic carbocycles. The fraction of sp³-hybridized carbons (Fsp3) is 0.167. The van der Waals surface area contributed by atoms with Crippen LogP contribution in [0.2, 0.25) is 0 Å². The van der Waals surface area contributed by atoms with Gasteiger partial charge in [0, 0.05) is 25.0 Å². The van der Waals surface area contributed by atoms with E-state index in [0.29, 0.717) is 5.82 Å². The molecule has 2 aromatic rings. The summed E-state index contributed by atoms with van der Waals surface area (Å²) in [6.07, 6.45) is 5.59. The van der Waals surface area contributed by atoms with E-state index < -0.39 is 4.92 Å². The summed E-state index contributed by atoms with van der Waals surface area (Å²) >= 11 is 0. The Bertz CT molecular complexity index is 513. The predicted molar refractivity (Wildman–Crippen MR) is 67.3 cm³/mol. The van der Waals surface area contributed by atoms with Crippen molar-refractivity contribution in [3.05, 3.63) is 58.5 Å². The minimum Gasteiger partial charge on any atom is -0.370 e. The summed E-state index contributed by atoms with van der Waals surface area (Å²) in [4.78, 5) is 17.9. The van der Waals surface area contributed by atoms with Crippen LogP contribution in [0.15, 0.2) is 42.9 Å². The van der Waals surface area contributed by atoms with E-state index in [2.05, 4.69) is 15.3 Å². The Labute approximate surface area is 104 Å². The number of nitro groups is 1. The van der Waals surface area contributed by atoms with Gasteiger partial charge in [0.2, 0.25) is 0 Å². The molecule has 2 rings (SSSR count). The highest BCUT2D eigenvalue weighted by atomic mass is 16.6. The molecule has 0 saturated carbocycles. The highest BCUT2D eigenvalue weighted by Crippen LogP contribution is 2.11. The van der Waals surface area contributed by atoms with Gasteiger partial charge >= 0.3 is 0 Å². The number of anilines is 1. The van der Waals surface area contributed by atoms with Crippen LogP contribution in [-0.2, 0) is 6.42 Å². The Morgan fingerprint density at radius 2 is 2.00 bits per heavy atom. The molecular weight excluding hydrogens is 232 g/mol. The average molecular weight is 244 g/mol. The zero-order valence-electron chi connectivity index (χ0n) is 9.61. The van der Waals surface area contributed by atoms with Gasteiger partial charge in [-0.15, -0.1) is 0 Å². The Kier molecular flexibility index (Phi) is 3.80. The van der Waals surface area contributed by atoms with E-state index in [4.69, 9.17) is 0 Å². The monoisotopic (exact) mass is 244 g/mol. The molecule has 6 nitrogen and oxygen atoms in total. The number of hydrogen-bond acceptors (Lipinski definition) is 5. The van der Waals surface area contributed by atoms with E-state index in [1.807, 2.05) is 12.1 Å². The maximum absolute atomic E-state index is 10.5. The zero-order valence-corrected chi connectivity index (χ0v) is 9.61. The van der Waals surface area contributed by atoms with Crippen molar-refractivity contribution in [2.24, 2.45) is 0 Å². The fourth-order valence-electron chi connectivity index (χ4n) is 1.48. The molecule has 0 spiro atoms. The number of aromatic nitrogens is 2. The van der Waals surface area contributed by atoms with Crippen LogP contribution >= 0.6 is 0 Å². The van der Waals surface area contributed by atoms with Crippen molar-refractivity contribution >= 4 is 11.5 Å². The van der Waals surface area contributed by atoms with E-state index in [0.717, 1.165) is 13.0 Å². The van der Waals surface area contributed by atoms with E-state index in [1.165, 1.54) is 17.8 Å². The first-order chi connectivity index (χ1) is 8.75. The second-order valence-electron chi connectivity index (χ2n) is 3.69. The van der Waals surface area contributed by atoms with Gasteiger partial charge in [0.1, 0.15) is 12.0 Å². The van der Waals surface area contributed by atoms with Gasteiger partial charge in [-0.2, -0.15) is 0 Å². The van der Waals surface area contributed by atoms with E-state index in [-0.39, 0.29) is 5.69 Å². The molecule has 0 radical (unpaired) electrons. The molecule has 92 valence electrons. The highest BCUT2D eigenvalue weighted by Gasteiger charge is 2.04. The van der Waals surface area contributed by atoms with Crippen molar-refractivity contribution in [3.63, 3.8) is 0 Å². The Morgan fingerprint density at radius 1 is 1.22 bits per heavy atom. The predicted octanol–water partition coefficient (Wildman–Crippen LogP) is 2.04. The first-order valence-corrected chi connectivity index (χ1v) is 5.49. The number of rotatable bonds is 5. The molecule has 2 aromatic heterocycles. The largest absolute Gasteiger partial charge is 0.370 e. The van der Waals surface area contributed by atoms with Crippen LogP contribution in [0.3, 0.4) is 0 Å². The molecule has 0 aliphatic heterocycles. The van der Waals surface area contributed by atoms with Gasteiger partial charge in [-0.05, 0) is 30.2 Å². The van der Waals surface area contributed by atoms with E-state index >= 15 is 0 Å². The second-order valence-corrected chi connectivity index (χ2v) is 3.69. The number of nitrogens with one attached hydrogen (secondary N) is 1. The van der Waals surface area contributed by atoms with Gasteiger partial charge in [-0.3, -0.25) is 15.1 Å². The fourth-order valence-corrected chi connectivity index (χ4v) is 1.48. The molecule has 1 N–H and O–H groups in total. The van der Waals surface area contributed by atoms with Crippen molar-refractivity contribution in [3.8, 4) is 0 Å². The van der Waals surface area contributed by atoms with Crippen LogP contribution in [0.5, 0.6) is 0 Å². The lowest BCUT2D eigenvalue weighted by molar-refractivity contribution is -0.385. The molecule has 0 aromatic carbocycles. The first kappa shape index (κ1) is 12.0. The summed E-state index contributed by atoms with van der Waals surface area (Å²) in [6.45, 7) is 0.717. The molecule has 0 bridgehead atoms. The molecule has 2 heterocycles. The smallest absolute Gasteiger partial charge is 0.287 e. The van der Waals surface area contributed by atoms with Crippen LogP contribution in [-0.4, -0.2) is 21.4 Å². The van der Waals surface area contributed by atoms with Crippen molar-refractivity contribution in [2.45, 2.75) is 6.42 Å². The molecule has 0 atom stereocenters. The topological polar surface area (TPSA) is 81.0 Å². The Balaban J connectivity index is 1.85. The molecule has 6 heteroatoms. The number of hydrogen-bond donors (Lipinski definition) is 1. The van der Waals surface area contributed by atoms with Gasteiger partial charge in [0.05, 0.1) is 4.92 Å². The summed E-state index contributed by atoms with van der Waals surface area (Å²) in [5.41, 5.74) is 1.18. The molecule has 0 amide bonds. The van der Waals surface area contributed by atoms with Crippen LogP contribution < -0.4 is 5.32 Å². The number of nitrogens with zero attached hydrogens (tertiary/aromatic N) is 3. The standard InChI is InChI=1S/C12H12N4O2/c17-16(18)11-1-2-12(15-9-11)14-8-5-10-3-6-13-7-4-10/h1-4,6-7,9H,5,8H2,(H,14,15). The van der Waals surface area contributed by atoms with Crippen molar-refractivity contribution in [1.29, 1.82) is 0 Å². The minimum absolute atomic E-state index is 0.00492. The van der Waals surface area contributed by atoms with Crippen LogP contribution in [0.25, 0.3) is 0 Å². The highest BCUT2D eigenvalue weighted by molar-refractivity contribution is 5.40. The maximum Gasteiger partial charge on any atom is 0.287 e. The summed E-state index contributed by atoms with van der Waals surface area (Å²) < 4.78 is 0. The minimum atomic E-state index is -0.465. The first-order valence-electron chi connectivity index (χ1n) is 5.49. The summed E-state index contributed by atoms with van der Waals surface area (Å²) in [7, 11) is 0. The maximum atomic E-state index is 10.5. The van der Waals surface area contributed by atoms with Gasteiger partial charge in [0.25, 0.3) is 5.69 Å². The normalized spacial score (nSPS) is 10.0. The molecule has 0 unspecified atom stereocenters. The van der Waals surface area contributed by atoms with Gasteiger partial charge in [0.15, 0.2) is 0 Å². The van der Waals surface area contributed by atoms with Gasteiger partial charge < -0.3 is 5.32 Å². The van der Waals surface area contributed by atoms with Gasteiger partial charge in [-0.25, -0.2) is 4.98 Å². The molecule has 0 saturated heterocycles. The van der Waals surface area contributed by atoms with Gasteiger partial charge in [-0.1, -0.05) is 0 Å². The van der Waals surface area contributed by atoms with E-state index in [9.17, 15) is 10.1 Å². The van der Waals surface area contributed by atoms with Crippen molar-refractivity contribution < 1.29 is 4.92 Å². The third-order valence-electron chi connectivity index (χ3n) is 2.43. The zero-order chi connectivity index (χ0) is 12.8. The average Bonchev–Trinajstić information content (AvgIpc) is 2.40. The summed E-state index contributed by atoms with van der Waals surface area (Å²) in [5, 5.41) is 13.6. The van der Waals surface area contributed by atoms with E-state index in [1.54, 1.807) is 18.5 Å². The lowest BCUT2D eigenvalue weighted by Gasteiger charge is -2.04. The molecular formula is C12H12N4O2. The SMILES string of the molecule is O=[N+]([O-])c1ccc(NCCc2ccncc2)nc1. The molecule has 0 aliphatic rings. The number of pyridine rings is 2. The Morgan fingerprint density at radius 3 is 2.61 bits per heavy atom. The molecule has 18 heavy (non-hydrogen) atoms. The third kappa shape index (κ3) is 3.24. The Hall–Kier alpha value is -2.50. The van der Waals surface area contributed by atoms with Crippen LogP contribution in [0.4, 0.5) is 11.5 Å². The lowest BCUT2D eigenvalue weighted by Crippen LogP contribution is -2.06. The quantitative estimate of drug-likeness (QED) is 0.643. The van der Waals surface area contributed by atoms with Crippen LogP contribution in [0.1, 0.15) is 5.56 Å². The summed E-state index contributed by atoms with van der Waals surface area (Å²) in [5.74, 6) is 0.634. The van der Waals surface area contributed by atoms with Crippen molar-refractivity contribution in [2.75, 3.05) is 11.9 Å². The third-order valence-corrected chi connectivity index (χ3v) is 2.43. The lowest BCUT2D eigenvalue weighted by atomic mass is 10.2. The summed E-state index contributed by atoms with van der Waals surface area (Å²) in [6, 6.07) is 6.93. The van der Waals surface area contributed by atoms with Crippen molar-refractivity contribution in [1.82, 2.24) is 9.97 Å². The molecule has 0 fully saturated rings. The van der Waals surface area contributed by atoms with Crippen LogP contribution in [0, 0.1) is 10.1 Å².